The summed E-state index contributed by atoms with van der Waals surface area (Å²) in [4.78, 5) is 12.5. The lowest BCUT2D eigenvalue weighted by atomic mass is 10.1. The molecule has 1 amide bonds. The van der Waals surface area contributed by atoms with E-state index in [-0.39, 0.29) is 5.91 Å². The van der Waals surface area contributed by atoms with Crippen molar-refractivity contribution in [2.75, 3.05) is 18.1 Å². The SMILES string of the molecule is CCCP(=O)(Cc1ccc(C(=O)Nc2ccc(Br)cc2C#N)cc1)OCC. The molecule has 0 saturated heterocycles. The van der Waals surface area contributed by atoms with Crippen molar-refractivity contribution in [3.05, 3.63) is 63.6 Å². The molecule has 2 aromatic rings. The number of benzene rings is 2. The Morgan fingerprint density at radius 2 is 1.93 bits per heavy atom. The molecule has 0 bridgehead atoms. The topological polar surface area (TPSA) is 79.2 Å². The van der Waals surface area contributed by atoms with Crippen LogP contribution in [0.2, 0.25) is 0 Å². The number of hydrogen-bond acceptors (Lipinski definition) is 4. The number of carbonyl (C=O) groups is 1. The van der Waals surface area contributed by atoms with Gasteiger partial charge in [-0.2, -0.15) is 5.26 Å². The first-order valence-corrected chi connectivity index (χ1v) is 11.5. The van der Waals surface area contributed by atoms with Crippen molar-refractivity contribution >= 4 is 34.9 Å². The summed E-state index contributed by atoms with van der Waals surface area (Å²) >= 11 is 3.31. The fourth-order valence-electron chi connectivity index (χ4n) is 2.72. The van der Waals surface area contributed by atoms with Gasteiger partial charge in [0.2, 0.25) is 7.37 Å². The molecule has 0 heterocycles. The van der Waals surface area contributed by atoms with E-state index in [9.17, 15) is 14.6 Å². The zero-order valence-corrected chi connectivity index (χ0v) is 17.8. The van der Waals surface area contributed by atoms with Crippen LogP contribution in [0.1, 0.15) is 41.8 Å². The van der Waals surface area contributed by atoms with E-state index in [0.717, 1.165) is 16.5 Å². The standard InChI is InChI=1S/C20H22BrN2O3P/c1-3-11-27(25,26-4-2)14-15-5-7-16(8-6-15)20(24)23-19-10-9-18(21)12-17(19)13-22/h5-10,12H,3-4,11,14H2,1-2H3,(H,23,24). The van der Waals surface area contributed by atoms with Crippen molar-refractivity contribution in [3.8, 4) is 6.07 Å². The molecule has 1 unspecified atom stereocenters. The summed E-state index contributed by atoms with van der Waals surface area (Å²) in [5, 5.41) is 11.9. The molecule has 7 heteroatoms. The van der Waals surface area contributed by atoms with Crippen LogP contribution < -0.4 is 5.32 Å². The third kappa shape index (κ3) is 6.04. The molecule has 142 valence electrons. The number of rotatable bonds is 8. The molecule has 2 rings (SSSR count). The molecule has 1 N–H and O–H groups in total. The lowest BCUT2D eigenvalue weighted by molar-refractivity contribution is 0.102. The maximum Gasteiger partial charge on any atom is 0.255 e. The highest BCUT2D eigenvalue weighted by atomic mass is 79.9. The second kappa shape index (κ2) is 9.85. The van der Waals surface area contributed by atoms with E-state index in [2.05, 4.69) is 27.3 Å². The molecule has 0 aliphatic rings. The van der Waals surface area contributed by atoms with Gasteiger partial charge in [-0.05, 0) is 49.2 Å². The first-order valence-electron chi connectivity index (χ1n) is 8.73. The van der Waals surface area contributed by atoms with Gasteiger partial charge in [0, 0.05) is 22.4 Å². The zero-order valence-electron chi connectivity index (χ0n) is 15.4. The number of anilines is 1. The largest absolute Gasteiger partial charge is 0.329 e. The van der Waals surface area contributed by atoms with Crippen LogP contribution in [0.15, 0.2) is 46.9 Å². The van der Waals surface area contributed by atoms with E-state index in [1.165, 1.54) is 0 Å². The summed E-state index contributed by atoms with van der Waals surface area (Å²) in [6.45, 7) is 4.25. The van der Waals surface area contributed by atoms with Crippen molar-refractivity contribution < 1.29 is 13.9 Å². The second-order valence-corrected chi connectivity index (χ2v) is 9.63. The summed E-state index contributed by atoms with van der Waals surface area (Å²) in [5.74, 6) is -0.304. The van der Waals surface area contributed by atoms with Gasteiger partial charge in [-0.3, -0.25) is 9.36 Å². The molecule has 0 saturated carbocycles. The fraction of sp³-hybridized carbons (Fsp3) is 0.300. The van der Waals surface area contributed by atoms with Gasteiger partial charge in [0.1, 0.15) is 6.07 Å². The molecule has 5 nitrogen and oxygen atoms in total. The number of hydrogen-bond donors (Lipinski definition) is 1. The summed E-state index contributed by atoms with van der Waals surface area (Å²) in [6.07, 6.45) is 1.71. The van der Waals surface area contributed by atoms with Crippen molar-refractivity contribution in [1.29, 1.82) is 5.26 Å². The van der Waals surface area contributed by atoms with E-state index in [1.54, 1.807) is 42.5 Å². The highest BCUT2D eigenvalue weighted by Crippen LogP contribution is 2.50. The molecule has 0 radical (unpaired) electrons. The average molecular weight is 449 g/mol. The minimum absolute atomic E-state index is 0.304. The van der Waals surface area contributed by atoms with Gasteiger partial charge >= 0.3 is 0 Å². The minimum Gasteiger partial charge on any atom is -0.329 e. The summed E-state index contributed by atoms with van der Waals surface area (Å²) in [5.41, 5.74) is 2.18. The van der Waals surface area contributed by atoms with Crippen molar-refractivity contribution in [2.45, 2.75) is 26.4 Å². The Hall–Kier alpha value is -1.93. The minimum atomic E-state index is -2.69. The summed E-state index contributed by atoms with van der Waals surface area (Å²) < 4.78 is 19.1. The quantitative estimate of drug-likeness (QED) is 0.517. The molecule has 0 fully saturated rings. The third-order valence-corrected chi connectivity index (χ3v) is 7.12. The maximum absolute atomic E-state index is 12.8. The maximum atomic E-state index is 12.8. The number of nitriles is 1. The van der Waals surface area contributed by atoms with E-state index in [4.69, 9.17) is 4.52 Å². The number of nitrogens with one attached hydrogen (secondary N) is 1. The predicted molar refractivity (Wildman–Crippen MR) is 111 cm³/mol. The van der Waals surface area contributed by atoms with Gasteiger partial charge in [0.05, 0.1) is 17.9 Å². The van der Waals surface area contributed by atoms with Gasteiger partial charge < -0.3 is 9.84 Å². The van der Waals surface area contributed by atoms with E-state index < -0.39 is 7.37 Å². The van der Waals surface area contributed by atoms with Crippen LogP contribution in [0.25, 0.3) is 0 Å². The Morgan fingerprint density at radius 1 is 1.22 bits per heavy atom. The Balaban J connectivity index is 2.12. The zero-order chi connectivity index (χ0) is 19.9. The second-order valence-electron chi connectivity index (χ2n) is 6.07. The van der Waals surface area contributed by atoms with Gasteiger partial charge in [-0.15, -0.1) is 0 Å². The Labute approximate surface area is 168 Å². The molecule has 27 heavy (non-hydrogen) atoms. The smallest absolute Gasteiger partial charge is 0.255 e. The van der Waals surface area contributed by atoms with Crippen molar-refractivity contribution in [1.82, 2.24) is 0 Å². The highest BCUT2D eigenvalue weighted by Gasteiger charge is 2.22. The summed E-state index contributed by atoms with van der Waals surface area (Å²) in [7, 11) is -2.69. The number of nitrogens with zero attached hydrogens (tertiary/aromatic N) is 1. The number of amides is 1. The van der Waals surface area contributed by atoms with Crippen LogP contribution in [-0.2, 0) is 15.3 Å². The van der Waals surface area contributed by atoms with Crippen molar-refractivity contribution in [3.63, 3.8) is 0 Å². The van der Waals surface area contributed by atoms with Crippen LogP contribution in [-0.4, -0.2) is 18.7 Å². The molecule has 0 aliphatic carbocycles. The first-order chi connectivity index (χ1) is 12.9. The van der Waals surface area contributed by atoms with E-state index >= 15 is 0 Å². The van der Waals surface area contributed by atoms with Crippen molar-refractivity contribution in [2.24, 2.45) is 0 Å². The molecule has 0 aliphatic heterocycles. The van der Waals surface area contributed by atoms with E-state index in [1.807, 2.05) is 13.8 Å². The van der Waals surface area contributed by atoms with E-state index in [0.29, 0.717) is 35.7 Å². The van der Waals surface area contributed by atoms with Gasteiger partial charge in [-0.1, -0.05) is 35.0 Å². The Morgan fingerprint density at radius 3 is 2.52 bits per heavy atom. The first kappa shape index (κ1) is 21.4. The van der Waals surface area contributed by atoms with Gasteiger partial charge in [0.15, 0.2) is 0 Å². The molecule has 0 aromatic heterocycles. The molecule has 0 spiro atoms. The number of carbonyl (C=O) groups excluding carboxylic acids is 1. The van der Waals surface area contributed by atoms with Crippen LogP contribution in [0.3, 0.4) is 0 Å². The number of halogens is 1. The lowest BCUT2D eigenvalue weighted by Gasteiger charge is -2.17. The van der Waals surface area contributed by atoms with Gasteiger partial charge in [-0.25, -0.2) is 0 Å². The van der Waals surface area contributed by atoms with Crippen LogP contribution in [0, 0.1) is 11.3 Å². The molecular formula is C20H22BrN2O3P. The highest BCUT2D eigenvalue weighted by molar-refractivity contribution is 9.10. The fourth-order valence-corrected chi connectivity index (χ4v) is 5.38. The molecular weight excluding hydrogens is 427 g/mol. The average Bonchev–Trinajstić information content (AvgIpc) is 2.64. The monoisotopic (exact) mass is 448 g/mol. The van der Waals surface area contributed by atoms with Gasteiger partial charge in [0.25, 0.3) is 5.91 Å². The lowest BCUT2D eigenvalue weighted by Crippen LogP contribution is -2.13. The predicted octanol–water partition coefficient (Wildman–Crippen LogP) is 5.80. The van der Waals surface area contributed by atoms with Crippen LogP contribution in [0.4, 0.5) is 5.69 Å². The molecule has 1 atom stereocenters. The van der Waals surface area contributed by atoms with Crippen LogP contribution in [0.5, 0.6) is 0 Å². The van der Waals surface area contributed by atoms with Crippen LogP contribution >= 0.6 is 23.3 Å². The Kier molecular flexibility index (Phi) is 7.79. The normalized spacial score (nSPS) is 12.8. The molecule has 2 aromatic carbocycles. The Bertz CT molecular complexity index is 881. The summed E-state index contributed by atoms with van der Waals surface area (Å²) in [6, 6.07) is 14.1. The third-order valence-electron chi connectivity index (χ3n) is 3.92.